The molecule has 7 heteroatoms. The molecule has 20 heavy (non-hydrogen) atoms. The predicted molar refractivity (Wildman–Crippen MR) is 72.8 cm³/mol. The summed E-state index contributed by atoms with van der Waals surface area (Å²) in [5.74, 6) is -0.311. The molecule has 0 aliphatic heterocycles. The van der Waals surface area contributed by atoms with E-state index in [0.29, 0.717) is 5.56 Å². The smallest absolute Gasteiger partial charge is 0.406 e. The van der Waals surface area contributed by atoms with Crippen molar-refractivity contribution in [3.8, 4) is 5.75 Å². The standard InChI is InChI=1S/C13H18F3NO2.ClH/c1-12(2,3)11(18)10(17)8-4-6-9(7-5-8)19-13(14,15)16;/h4-7,10-11,18H,17H2,1-3H3;1H/t10-,11-;/m1./s1. The van der Waals surface area contributed by atoms with Gasteiger partial charge in [-0.1, -0.05) is 32.9 Å². The number of hydrogen-bond donors (Lipinski definition) is 2. The Morgan fingerprint density at radius 1 is 1.10 bits per heavy atom. The van der Waals surface area contributed by atoms with Crippen LogP contribution in [0.2, 0.25) is 0 Å². The van der Waals surface area contributed by atoms with Crippen LogP contribution in [-0.4, -0.2) is 17.6 Å². The number of ether oxygens (including phenoxy) is 1. The second kappa shape index (κ2) is 6.65. The first kappa shape index (κ1) is 19.0. The molecule has 2 atom stereocenters. The topological polar surface area (TPSA) is 55.5 Å². The molecule has 0 bridgehead atoms. The first-order chi connectivity index (χ1) is 8.50. The summed E-state index contributed by atoms with van der Waals surface area (Å²) in [6, 6.07) is 4.53. The van der Waals surface area contributed by atoms with Gasteiger partial charge in [0.25, 0.3) is 0 Å². The fourth-order valence-electron chi connectivity index (χ4n) is 1.61. The Morgan fingerprint density at radius 2 is 1.55 bits per heavy atom. The van der Waals surface area contributed by atoms with Gasteiger partial charge in [0.05, 0.1) is 12.1 Å². The highest BCUT2D eigenvalue weighted by atomic mass is 35.5. The summed E-state index contributed by atoms with van der Waals surface area (Å²) < 4.78 is 39.8. The average Bonchev–Trinajstić information content (AvgIpc) is 2.24. The Labute approximate surface area is 122 Å². The van der Waals surface area contributed by atoms with Gasteiger partial charge in [0, 0.05) is 0 Å². The lowest BCUT2D eigenvalue weighted by molar-refractivity contribution is -0.274. The quantitative estimate of drug-likeness (QED) is 0.899. The first-order valence-electron chi connectivity index (χ1n) is 5.80. The van der Waals surface area contributed by atoms with E-state index >= 15 is 0 Å². The van der Waals surface area contributed by atoms with Crippen molar-refractivity contribution in [3.63, 3.8) is 0 Å². The highest BCUT2D eigenvalue weighted by Crippen LogP contribution is 2.30. The van der Waals surface area contributed by atoms with E-state index in [1.807, 2.05) is 20.8 Å². The van der Waals surface area contributed by atoms with Gasteiger partial charge >= 0.3 is 6.36 Å². The van der Waals surface area contributed by atoms with Crippen LogP contribution in [0.3, 0.4) is 0 Å². The van der Waals surface area contributed by atoms with Crippen LogP contribution in [0.15, 0.2) is 24.3 Å². The molecule has 3 nitrogen and oxygen atoms in total. The van der Waals surface area contributed by atoms with Crippen molar-refractivity contribution in [1.82, 2.24) is 0 Å². The summed E-state index contributed by atoms with van der Waals surface area (Å²) >= 11 is 0. The molecule has 0 aliphatic carbocycles. The molecule has 1 aromatic carbocycles. The minimum absolute atomic E-state index is 0. The summed E-state index contributed by atoms with van der Waals surface area (Å²) in [6.45, 7) is 5.50. The van der Waals surface area contributed by atoms with Gasteiger partial charge < -0.3 is 15.6 Å². The number of hydrogen-bond acceptors (Lipinski definition) is 3. The number of halogens is 4. The third kappa shape index (κ3) is 5.56. The lowest BCUT2D eigenvalue weighted by atomic mass is 9.82. The van der Waals surface area contributed by atoms with Crippen LogP contribution in [0.1, 0.15) is 32.4 Å². The summed E-state index contributed by atoms with van der Waals surface area (Å²) in [7, 11) is 0. The Bertz CT molecular complexity index is 415. The zero-order valence-corrected chi connectivity index (χ0v) is 12.3. The van der Waals surface area contributed by atoms with Crippen LogP contribution >= 0.6 is 12.4 Å². The monoisotopic (exact) mass is 313 g/mol. The van der Waals surface area contributed by atoms with Crippen LogP contribution in [0.4, 0.5) is 13.2 Å². The van der Waals surface area contributed by atoms with E-state index in [1.165, 1.54) is 24.3 Å². The zero-order chi connectivity index (χ0) is 14.8. The predicted octanol–water partition coefficient (Wildman–Crippen LogP) is 3.41. The summed E-state index contributed by atoms with van der Waals surface area (Å²) in [4.78, 5) is 0. The van der Waals surface area contributed by atoms with E-state index < -0.39 is 23.9 Å². The molecule has 1 aromatic rings. The van der Waals surface area contributed by atoms with Crippen molar-refractivity contribution in [2.75, 3.05) is 0 Å². The van der Waals surface area contributed by atoms with Crippen LogP contribution in [0.5, 0.6) is 5.75 Å². The van der Waals surface area contributed by atoms with E-state index in [2.05, 4.69) is 4.74 Å². The van der Waals surface area contributed by atoms with Gasteiger partial charge in [-0.05, 0) is 23.1 Å². The third-order valence-electron chi connectivity index (χ3n) is 2.73. The average molecular weight is 314 g/mol. The number of aliphatic hydroxyl groups is 1. The Balaban J connectivity index is 0.00000361. The number of alkyl halides is 3. The Morgan fingerprint density at radius 3 is 1.90 bits per heavy atom. The normalized spacial score (nSPS) is 15.2. The van der Waals surface area contributed by atoms with Gasteiger partial charge in [-0.15, -0.1) is 25.6 Å². The maximum atomic E-state index is 12.0. The van der Waals surface area contributed by atoms with Gasteiger partial charge in [0.1, 0.15) is 5.75 Å². The molecular formula is C13H19ClF3NO2. The fourth-order valence-corrected chi connectivity index (χ4v) is 1.61. The Hall–Kier alpha value is -0.980. The second-order valence-electron chi connectivity index (χ2n) is 5.45. The Kier molecular flexibility index (Phi) is 6.32. The largest absolute Gasteiger partial charge is 0.573 e. The maximum Gasteiger partial charge on any atom is 0.573 e. The third-order valence-corrected chi connectivity index (χ3v) is 2.73. The van der Waals surface area contributed by atoms with Gasteiger partial charge in [0.15, 0.2) is 0 Å². The van der Waals surface area contributed by atoms with Crippen LogP contribution in [0, 0.1) is 5.41 Å². The molecule has 3 N–H and O–H groups in total. The fraction of sp³-hybridized carbons (Fsp3) is 0.538. The van der Waals surface area contributed by atoms with E-state index in [0.717, 1.165) is 0 Å². The van der Waals surface area contributed by atoms with Crippen molar-refractivity contribution < 1.29 is 23.0 Å². The SMILES string of the molecule is CC(C)(C)[C@H](O)[C@H](N)c1ccc(OC(F)(F)F)cc1.Cl. The van der Waals surface area contributed by atoms with Crippen molar-refractivity contribution in [3.05, 3.63) is 29.8 Å². The van der Waals surface area contributed by atoms with Gasteiger partial charge in [-0.2, -0.15) is 0 Å². The van der Waals surface area contributed by atoms with E-state index in [4.69, 9.17) is 5.73 Å². The molecule has 0 aromatic heterocycles. The number of benzene rings is 1. The molecular weight excluding hydrogens is 295 g/mol. The molecule has 0 heterocycles. The van der Waals surface area contributed by atoms with Crippen molar-refractivity contribution in [2.24, 2.45) is 11.1 Å². The van der Waals surface area contributed by atoms with Gasteiger partial charge in [0.2, 0.25) is 0 Å². The van der Waals surface area contributed by atoms with Crippen molar-refractivity contribution >= 4 is 12.4 Å². The summed E-state index contributed by atoms with van der Waals surface area (Å²) in [5.41, 5.74) is 6.03. The van der Waals surface area contributed by atoms with Crippen LogP contribution in [-0.2, 0) is 0 Å². The highest BCUT2D eigenvalue weighted by molar-refractivity contribution is 5.85. The molecule has 0 fully saturated rings. The lowest BCUT2D eigenvalue weighted by Crippen LogP contribution is -2.36. The minimum atomic E-state index is -4.71. The van der Waals surface area contributed by atoms with E-state index in [1.54, 1.807) is 0 Å². The second-order valence-corrected chi connectivity index (χ2v) is 5.45. The molecule has 0 unspecified atom stereocenters. The molecule has 116 valence electrons. The van der Waals surface area contributed by atoms with Crippen LogP contribution < -0.4 is 10.5 Å². The minimum Gasteiger partial charge on any atom is -0.406 e. The molecule has 0 saturated carbocycles. The molecule has 0 saturated heterocycles. The van der Waals surface area contributed by atoms with E-state index in [9.17, 15) is 18.3 Å². The van der Waals surface area contributed by atoms with Crippen molar-refractivity contribution in [2.45, 2.75) is 39.3 Å². The van der Waals surface area contributed by atoms with Crippen LogP contribution in [0.25, 0.3) is 0 Å². The lowest BCUT2D eigenvalue weighted by Gasteiger charge is -2.31. The molecule has 1 rings (SSSR count). The van der Waals surface area contributed by atoms with Crippen molar-refractivity contribution in [1.29, 1.82) is 0 Å². The summed E-state index contributed by atoms with van der Waals surface area (Å²) in [6.07, 6.45) is -5.52. The summed E-state index contributed by atoms with van der Waals surface area (Å²) in [5, 5.41) is 10.0. The number of aliphatic hydroxyl groups excluding tert-OH is 1. The highest BCUT2D eigenvalue weighted by Gasteiger charge is 2.32. The molecule has 0 amide bonds. The van der Waals surface area contributed by atoms with E-state index in [-0.39, 0.29) is 18.2 Å². The first-order valence-corrected chi connectivity index (χ1v) is 5.80. The van der Waals surface area contributed by atoms with Gasteiger partial charge in [-0.25, -0.2) is 0 Å². The molecule has 0 aliphatic rings. The van der Waals surface area contributed by atoms with Gasteiger partial charge in [-0.3, -0.25) is 0 Å². The zero-order valence-electron chi connectivity index (χ0n) is 11.4. The number of rotatable bonds is 3. The number of nitrogens with two attached hydrogens (primary N) is 1. The molecule has 0 radical (unpaired) electrons. The maximum absolute atomic E-state index is 12.0. The molecule has 0 spiro atoms.